The first kappa shape index (κ1) is 58.3. The number of rotatable bonds is 13. The molecule has 7 aliphatic rings. The molecule has 0 spiro atoms. The summed E-state index contributed by atoms with van der Waals surface area (Å²) in [5.41, 5.74) is -2.83. The van der Waals surface area contributed by atoms with Crippen LogP contribution in [-0.2, 0) is 52.3 Å². The monoisotopic (exact) mass is 1050 g/mol. The van der Waals surface area contributed by atoms with Crippen molar-refractivity contribution < 1.29 is 93.2 Å². The van der Waals surface area contributed by atoms with Crippen molar-refractivity contribution in [3.8, 4) is 0 Å². The van der Waals surface area contributed by atoms with Crippen molar-refractivity contribution in [2.24, 2.45) is 50.2 Å². The van der Waals surface area contributed by atoms with Crippen LogP contribution in [0, 0.1) is 50.2 Å². The molecule has 4 saturated carbocycles. The van der Waals surface area contributed by atoms with Crippen molar-refractivity contribution in [1.82, 2.24) is 0 Å². The van der Waals surface area contributed by atoms with E-state index in [-0.39, 0.29) is 34.8 Å². The van der Waals surface area contributed by atoms with E-state index >= 15 is 0 Å². The summed E-state index contributed by atoms with van der Waals surface area (Å²) >= 11 is 0. The molecule has 2 aliphatic heterocycles. The van der Waals surface area contributed by atoms with E-state index in [0.29, 0.717) is 32.1 Å². The lowest BCUT2D eigenvalue weighted by Crippen LogP contribution is -2.73. The number of carbonyl (C=O) groups excluding carboxylic acids is 3. The van der Waals surface area contributed by atoms with E-state index in [4.69, 9.17) is 33.2 Å². The van der Waals surface area contributed by atoms with Gasteiger partial charge in [0.05, 0.1) is 30.8 Å². The highest BCUT2D eigenvalue weighted by Crippen LogP contribution is 2.76. The van der Waals surface area contributed by atoms with Crippen LogP contribution in [0.25, 0.3) is 0 Å². The molecule has 0 aromatic carbocycles. The summed E-state index contributed by atoms with van der Waals surface area (Å²) in [5.74, 6) is -4.26. The Kier molecular flexibility index (Phi) is 16.7. The summed E-state index contributed by atoms with van der Waals surface area (Å²) in [7, 11) is 0. The number of hydrogen-bond acceptors (Lipinski definition) is 18. The van der Waals surface area contributed by atoms with Crippen LogP contribution in [0.3, 0.4) is 0 Å². The lowest BCUT2D eigenvalue weighted by molar-refractivity contribution is -0.346. The Morgan fingerprint density at radius 1 is 0.730 bits per heavy atom. The van der Waals surface area contributed by atoms with Crippen molar-refractivity contribution in [2.75, 3.05) is 13.2 Å². The Balaban J connectivity index is 1.21. The lowest BCUT2D eigenvalue weighted by atomic mass is 9.33. The Morgan fingerprint density at radius 3 is 1.91 bits per heavy atom. The van der Waals surface area contributed by atoms with Gasteiger partial charge in [0.15, 0.2) is 30.9 Å². The minimum Gasteiger partial charge on any atom is -0.479 e. The van der Waals surface area contributed by atoms with E-state index in [0.717, 1.165) is 18.4 Å². The summed E-state index contributed by atoms with van der Waals surface area (Å²) in [5, 5.41) is 89.1. The van der Waals surface area contributed by atoms with Gasteiger partial charge in [-0.2, -0.15) is 0 Å². The topological polar surface area (TPSA) is 295 Å². The first-order valence-electron chi connectivity index (χ1n) is 26.6. The zero-order valence-electron chi connectivity index (χ0n) is 45.2. The third-order valence-corrected chi connectivity index (χ3v) is 20.3. The standard InChI is InChI=1S/C55H84O19/c1-13-26(4)46(66)71-40-39(63)41(72-47(67)27(5)14-2)49(73-42(40)45(64)65)70-35-19-20-52(10)32(51(35,9)15-3)18-21-53(11)33(52)17-16-29-30-22-50(7,8)43(74-48-38(62)37(61)36(60)31(24-56)69-48)44(68-28(6)58)55(30,25-57)34(59)23-54(29,53)12/h13-14,16,30-44,48-49,56-57,59-63H,15,17-25H2,1-12H3,(H,64,65)/b26-13+,27-14+/t30?,31?,32?,33-,34-,35+,36?,37?,38?,39?,40?,41?,42?,43+,44+,48?,49?,51-,52+,53-,54-,55+/m1/s1. The largest absolute Gasteiger partial charge is 0.479 e. The molecule has 19 nitrogen and oxygen atoms in total. The number of aliphatic hydroxyl groups excluding tert-OH is 7. The lowest BCUT2D eigenvalue weighted by Gasteiger charge is -2.73. The van der Waals surface area contributed by atoms with E-state index in [9.17, 15) is 60.0 Å². The number of carbonyl (C=O) groups is 4. The maximum atomic E-state index is 13.4. The van der Waals surface area contributed by atoms with Crippen LogP contribution in [0.2, 0.25) is 0 Å². The Morgan fingerprint density at radius 2 is 1.35 bits per heavy atom. The van der Waals surface area contributed by atoms with Gasteiger partial charge >= 0.3 is 23.9 Å². The van der Waals surface area contributed by atoms with Crippen molar-refractivity contribution in [2.45, 2.75) is 220 Å². The van der Waals surface area contributed by atoms with E-state index < -0.39 is 156 Å². The number of aliphatic hydroxyl groups is 7. The zero-order valence-corrected chi connectivity index (χ0v) is 45.2. The Bertz CT molecular complexity index is 2220. The van der Waals surface area contributed by atoms with Crippen molar-refractivity contribution in [3.63, 3.8) is 0 Å². The Labute approximate surface area is 434 Å². The van der Waals surface area contributed by atoms with E-state index in [1.807, 2.05) is 13.8 Å². The second kappa shape index (κ2) is 21.1. The van der Waals surface area contributed by atoms with Gasteiger partial charge in [-0.25, -0.2) is 14.4 Å². The number of ether oxygens (including phenoxy) is 7. The SMILES string of the molecule is C/C=C(\C)C(=O)OC1C(O[C@H]2CC[C@@]3(C)C(CC[C@]4(C)[C@@H]3CC=C3C5CC(C)(C)[C@@H](OC6OC(CO)C(O)C(O)C6O)[C@H](OC(C)=O)[C@]5(CO)[C@H](O)C[C@]34C)[C@@]2(C)CC)OC(C(=O)O)C(OC(=O)/C(C)=C/C)C1O. The molecule has 0 amide bonds. The molecule has 2 heterocycles. The maximum absolute atomic E-state index is 13.4. The van der Waals surface area contributed by atoms with Crippen LogP contribution in [0.1, 0.15) is 134 Å². The van der Waals surface area contributed by atoms with Crippen LogP contribution >= 0.6 is 0 Å². The zero-order chi connectivity index (χ0) is 55.0. The molecule has 2 saturated heterocycles. The molecule has 22 atom stereocenters. The smallest absolute Gasteiger partial charge is 0.336 e. The first-order valence-corrected chi connectivity index (χ1v) is 26.6. The van der Waals surface area contributed by atoms with Crippen molar-refractivity contribution >= 4 is 23.9 Å². The fraction of sp³-hybridized carbons (Fsp3) is 0.818. The van der Waals surface area contributed by atoms with Gasteiger partial charge in [0, 0.05) is 18.1 Å². The summed E-state index contributed by atoms with van der Waals surface area (Å²) in [6.07, 6.45) is -10.9. The molecular formula is C55H84O19. The molecule has 6 fully saturated rings. The van der Waals surface area contributed by atoms with E-state index in [1.165, 1.54) is 32.9 Å². The summed E-state index contributed by atoms with van der Waals surface area (Å²) in [6.45, 7) is 21.2. The average molecular weight is 1050 g/mol. The highest BCUT2D eigenvalue weighted by atomic mass is 16.7. The number of carboxylic acid groups (broad SMARTS) is 1. The fourth-order valence-corrected chi connectivity index (χ4v) is 15.5. The fourth-order valence-electron chi connectivity index (χ4n) is 15.5. The van der Waals surface area contributed by atoms with E-state index in [2.05, 4.69) is 40.7 Å². The van der Waals surface area contributed by atoms with Crippen molar-refractivity contribution in [3.05, 3.63) is 34.9 Å². The van der Waals surface area contributed by atoms with Crippen LogP contribution < -0.4 is 0 Å². The molecule has 5 aliphatic carbocycles. The van der Waals surface area contributed by atoms with Crippen LogP contribution in [0.15, 0.2) is 34.9 Å². The molecule has 19 heteroatoms. The summed E-state index contributed by atoms with van der Waals surface area (Å²) in [4.78, 5) is 52.2. The maximum Gasteiger partial charge on any atom is 0.336 e. The van der Waals surface area contributed by atoms with Gasteiger partial charge in [-0.05, 0) is 124 Å². The van der Waals surface area contributed by atoms with Gasteiger partial charge in [-0.15, -0.1) is 0 Å². The van der Waals surface area contributed by atoms with Crippen LogP contribution in [0.4, 0.5) is 0 Å². The summed E-state index contributed by atoms with van der Waals surface area (Å²) < 4.78 is 42.8. The number of hydrogen-bond donors (Lipinski definition) is 8. The minimum atomic E-state index is -1.86. The Hall–Kier alpha value is -3.34. The van der Waals surface area contributed by atoms with Gasteiger partial charge in [0.1, 0.15) is 42.7 Å². The van der Waals surface area contributed by atoms with Gasteiger partial charge in [0.25, 0.3) is 0 Å². The van der Waals surface area contributed by atoms with E-state index in [1.54, 1.807) is 13.8 Å². The van der Waals surface area contributed by atoms with Crippen molar-refractivity contribution in [1.29, 1.82) is 0 Å². The van der Waals surface area contributed by atoms with Crippen LogP contribution in [-0.4, -0.2) is 164 Å². The number of esters is 3. The molecule has 0 aromatic rings. The molecule has 7 rings (SSSR count). The predicted octanol–water partition coefficient (Wildman–Crippen LogP) is 3.79. The minimum absolute atomic E-state index is 0.0373. The first-order chi connectivity index (χ1) is 34.5. The number of aliphatic carboxylic acids is 1. The molecule has 0 aromatic heterocycles. The highest BCUT2D eigenvalue weighted by Gasteiger charge is 2.74. The number of fused-ring (bicyclic) bond motifs is 7. The molecule has 418 valence electrons. The summed E-state index contributed by atoms with van der Waals surface area (Å²) in [6, 6.07) is 0. The normalized spacial score (nSPS) is 47.1. The number of allylic oxidation sites excluding steroid dienone is 4. The quantitative estimate of drug-likeness (QED) is 0.0428. The second-order valence-electron chi connectivity index (χ2n) is 24.3. The average Bonchev–Trinajstić information content (AvgIpc) is 3.34. The predicted molar refractivity (Wildman–Crippen MR) is 263 cm³/mol. The van der Waals surface area contributed by atoms with Gasteiger partial charge < -0.3 is 74.0 Å². The second-order valence-corrected chi connectivity index (χ2v) is 24.3. The molecule has 74 heavy (non-hydrogen) atoms. The highest BCUT2D eigenvalue weighted by molar-refractivity contribution is 5.89. The van der Waals surface area contributed by atoms with Gasteiger partial charge in [-0.1, -0.05) is 72.3 Å². The third-order valence-electron chi connectivity index (χ3n) is 20.3. The van der Waals surface area contributed by atoms with Crippen LogP contribution in [0.5, 0.6) is 0 Å². The van der Waals surface area contributed by atoms with Gasteiger partial charge in [-0.3, -0.25) is 4.79 Å². The molecular weight excluding hydrogens is 965 g/mol. The number of carboxylic acids is 1. The van der Waals surface area contributed by atoms with Gasteiger partial charge in [0.2, 0.25) is 0 Å². The molecule has 0 radical (unpaired) electrons. The molecule has 0 bridgehead atoms. The molecule has 8 N–H and O–H groups in total. The molecule has 12 unspecified atom stereocenters. The third kappa shape index (κ3) is 9.22.